The fourth-order valence-electron chi connectivity index (χ4n) is 2.69. The molecule has 0 amide bonds. The predicted molar refractivity (Wildman–Crippen MR) is 106 cm³/mol. The smallest absolute Gasteiger partial charge is 0.203 e. The van der Waals surface area contributed by atoms with Gasteiger partial charge in [-0.1, -0.05) is 44.4 Å². The molecule has 0 N–H and O–H groups in total. The summed E-state index contributed by atoms with van der Waals surface area (Å²) in [7, 11) is -8.83. The van der Waals surface area contributed by atoms with Crippen LogP contribution in [0.1, 0.15) is 22.3 Å². The molecule has 2 aromatic rings. The van der Waals surface area contributed by atoms with Crippen molar-refractivity contribution >= 4 is 36.4 Å². The maximum atomic E-state index is 13.1. The molecule has 0 aliphatic heterocycles. The number of benzene rings is 2. The molecule has 0 fully saturated rings. The lowest BCUT2D eigenvalue weighted by Crippen LogP contribution is -2.28. The highest BCUT2D eigenvalue weighted by Crippen LogP contribution is 2.67. The van der Waals surface area contributed by atoms with Gasteiger partial charge in [-0.2, -0.15) is 21.6 Å². The van der Waals surface area contributed by atoms with Crippen LogP contribution in [0.4, 0.5) is 13.2 Å². The van der Waals surface area contributed by atoms with Crippen molar-refractivity contribution in [2.24, 2.45) is 0 Å². The highest BCUT2D eigenvalue weighted by atomic mass is 79.9. The van der Waals surface area contributed by atoms with Crippen molar-refractivity contribution in [2.45, 2.75) is 43.0 Å². The number of hydrogen-bond acceptors (Lipinski definition) is 3. The lowest BCUT2D eigenvalue weighted by molar-refractivity contribution is -0.0496. The Balaban J connectivity index is 2.88. The summed E-state index contributed by atoms with van der Waals surface area (Å²) in [5.74, 6) is 0. The van der Waals surface area contributed by atoms with Gasteiger partial charge in [-0.25, -0.2) is 3.63 Å². The summed E-state index contributed by atoms with van der Waals surface area (Å²) in [6.45, 7) is 7.40. The van der Waals surface area contributed by atoms with E-state index in [0.29, 0.717) is 15.4 Å². The maximum Gasteiger partial charge on any atom is 0.523 e. The normalized spacial score (nSPS) is 16.0. The molecule has 150 valence electrons. The van der Waals surface area contributed by atoms with Crippen LogP contribution in [0.2, 0.25) is 0 Å². The van der Waals surface area contributed by atoms with Crippen LogP contribution in [0.25, 0.3) is 0 Å². The highest BCUT2D eigenvalue weighted by molar-refractivity contribution is 9.11. The third kappa shape index (κ3) is 4.06. The van der Waals surface area contributed by atoms with E-state index in [1.807, 2.05) is 20.8 Å². The molecular weight excluding hydrogens is 465 g/mol. The average Bonchev–Trinajstić information content (AvgIpc) is 2.61. The van der Waals surface area contributed by atoms with Crippen LogP contribution in [0.5, 0.6) is 0 Å². The van der Waals surface area contributed by atoms with Crippen molar-refractivity contribution in [3.05, 3.63) is 58.7 Å². The summed E-state index contributed by atoms with van der Waals surface area (Å²) >= 11 is 3.25. The van der Waals surface area contributed by atoms with Crippen molar-refractivity contribution in [3.8, 4) is 0 Å². The lowest BCUT2D eigenvalue weighted by Gasteiger charge is -2.39. The van der Waals surface area contributed by atoms with E-state index >= 15 is 0 Å². The van der Waals surface area contributed by atoms with Crippen molar-refractivity contribution in [1.29, 1.82) is 0 Å². The van der Waals surface area contributed by atoms with Crippen LogP contribution in [0, 0.1) is 27.7 Å². The first-order chi connectivity index (χ1) is 12.4. The molecule has 0 radical (unpaired) electrons. The van der Waals surface area contributed by atoms with Gasteiger partial charge in [-0.3, -0.25) is 0 Å². The SMILES string of the molecule is Cc1cc(S(CBr)(OS(=O)(=O)C(F)(F)F)c2ccccc2)c(C)c(C)c1C. The van der Waals surface area contributed by atoms with Crippen LogP contribution >= 0.6 is 26.2 Å². The molecule has 0 aliphatic carbocycles. The Morgan fingerprint density at radius 3 is 2.00 bits per heavy atom. The molecule has 1 unspecified atom stereocenters. The highest BCUT2D eigenvalue weighted by Gasteiger charge is 2.52. The zero-order valence-corrected chi connectivity index (χ0v) is 18.4. The number of aryl methyl sites for hydroxylation is 1. The molecule has 0 aliphatic rings. The van der Waals surface area contributed by atoms with Crippen LogP contribution in [0.3, 0.4) is 0 Å². The molecule has 1 atom stereocenters. The van der Waals surface area contributed by atoms with Gasteiger partial charge in [0.05, 0.1) is 4.66 Å². The molecule has 0 bridgehead atoms. The largest absolute Gasteiger partial charge is 0.523 e. The maximum absolute atomic E-state index is 13.1. The quantitative estimate of drug-likeness (QED) is 0.370. The van der Waals surface area contributed by atoms with E-state index in [2.05, 4.69) is 15.9 Å². The molecule has 2 rings (SSSR count). The summed E-state index contributed by atoms with van der Waals surface area (Å²) in [6.07, 6.45) is 0. The summed E-state index contributed by atoms with van der Waals surface area (Å²) in [5, 5.41) is 0. The Kier molecular flexibility index (Phi) is 6.41. The molecule has 0 aromatic heterocycles. The standard InChI is InChI=1S/C18H20BrF3O3S2/c1-12-10-17(15(4)14(3)13(12)2)26(11-19,16-8-6-5-7-9-16)25-27(23,24)18(20,21)22/h5-10H,11H2,1-4H3. The molecule has 0 saturated heterocycles. The van der Waals surface area contributed by atoms with Gasteiger partial charge in [-0.15, -0.1) is 0 Å². The second kappa shape index (κ2) is 7.77. The zero-order chi connectivity index (χ0) is 20.6. The molecular formula is C18H20BrF3O3S2. The minimum Gasteiger partial charge on any atom is -0.203 e. The van der Waals surface area contributed by atoms with Gasteiger partial charge in [0.1, 0.15) is 0 Å². The van der Waals surface area contributed by atoms with E-state index in [1.165, 1.54) is 0 Å². The van der Waals surface area contributed by atoms with E-state index in [9.17, 15) is 21.6 Å². The van der Waals surface area contributed by atoms with Crippen molar-refractivity contribution in [3.63, 3.8) is 0 Å². The lowest BCUT2D eigenvalue weighted by atomic mass is 10.00. The Hall–Kier alpha value is -1.03. The molecule has 27 heavy (non-hydrogen) atoms. The average molecular weight is 485 g/mol. The number of halogens is 4. The zero-order valence-electron chi connectivity index (χ0n) is 15.2. The summed E-state index contributed by atoms with van der Waals surface area (Å²) in [4.78, 5) is 0.847. The topological polar surface area (TPSA) is 43.4 Å². The third-order valence-electron chi connectivity index (χ3n) is 4.56. The monoisotopic (exact) mass is 484 g/mol. The first-order valence-corrected chi connectivity index (χ1v) is 12.1. The van der Waals surface area contributed by atoms with Gasteiger partial charge >= 0.3 is 15.6 Å². The fraction of sp³-hybridized carbons (Fsp3) is 0.333. The van der Waals surface area contributed by atoms with E-state index in [0.717, 1.165) is 16.7 Å². The van der Waals surface area contributed by atoms with E-state index < -0.39 is 25.9 Å². The fourth-order valence-corrected chi connectivity index (χ4v) is 9.31. The van der Waals surface area contributed by atoms with E-state index in [1.54, 1.807) is 43.3 Å². The first-order valence-electron chi connectivity index (χ1n) is 7.89. The van der Waals surface area contributed by atoms with Crippen LogP contribution in [0.15, 0.2) is 46.2 Å². The summed E-state index contributed by atoms with van der Waals surface area (Å²) in [6, 6.07) is 9.91. The minimum absolute atomic E-state index is 0.0951. The second-order valence-corrected chi connectivity index (χ2v) is 11.9. The molecule has 0 heterocycles. The molecule has 3 nitrogen and oxygen atoms in total. The minimum atomic E-state index is -5.81. The number of hydrogen-bond donors (Lipinski definition) is 0. The van der Waals surface area contributed by atoms with Crippen LogP contribution in [-0.2, 0) is 13.7 Å². The molecule has 0 saturated carbocycles. The first kappa shape index (κ1) is 22.3. The van der Waals surface area contributed by atoms with Gasteiger partial charge in [-0.05, 0) is 68.1 Å². The van der Waals surface area contributed by atoms with E-state index in [4.69, 9.17) is 3.63 Å². The second-order valence-electron chi connectivity index (χ2n) is 6.13. The van der Waals surface area contributed by atoms with Crippen molar-refractivity contribution < 1.29 is 25.2 Å². The van der Waals surface area contributed by atoms with Gasteiger partial charge in [0, 0.05) is 9.79 Å². The predicted octanol–water partition coefficient (Wildman–Crippen LogP) is 6.28. The van der Waals surface area contributed by atoms with Crippen molar-refractivity contribution in [1.82, 2.24) is 0 Å². The molecule has 2 aromatic carbocycles. The van der Waals surface area contributed by atoms with Gasteiger partial charge in [0.15, 0.2) is 0 Å². The van der Waals surface area contributed by atoms with Gasteiger partial charge in [0.2, 0.25) is 0 Å². The van der Waals surface area contributed by atoms with Crippen LogP contribution < -0.4 is 0 Å². The Bertz CT molecular complexity index is 945. The Morgan fingerprint density at radius 2 is 1.52 bits per heavy atom. The van der Waals surface area contributed by atoms with Gasteiger partial charge < -0.3 is 0 Å². The number of alkyl halides is 4. The van der Waals surface area contributed by atoms with Crippen molar-refractivity contribution in [2.75, 3.05) is 4.66 Å². The Morgan fingerprint density at radius 1 is 0.963 bits per heavy atom. The van der Waals surface area contributed by atoms with Gasteiger partial charge in [0.25, 0.3) is 0 Å². The summed E-state index contributed by atoms with van der Waals surface area (Å²) in [5.41, 5.74) is -2.04. The van der Waals surface area contributed by atoms with Crippen LogP contribution in [-0.4, -0.2) is 18.6 Å². The molecule has 9 heteroatoms. The summed E-state index contributed by atoms with van der Waals surface area (Å²) < 4.78 is 68.3. The Labute approximate surface area is 167 Å². The molecule has 0 spiro atoms. The third-order valence-corrected chi connectivity index (χ3v) is 11.2. The number of rotatable bonds is 5. The van der Waals surface area contributed by atoms with E-state index in [-0.39, 0.29) is 4.66 Å².